The van der Waals surface area contributed by atoms with Crippen molar-refractivity contribution in [3.05, 3.63) is 29.8 Å². The van der Waals surface area contributed by atoms with Gasteiger partial charge in [-0.15, -0.1) is 13.2 Å². The van der Waals surface area contributed by atoms with E-state index in [4.69, 9.17) is 19.3 Å². The fourth-order valence-corrected chi connectivity index (χ4v) is 3.34. The van der Waals surface area contributed by atoms with Gasteiger partial charge in [-0.1, -0.05) is 12.1 Å². The second-order valence-corrected chi connectivity index (χ2v) is 7.25. The van der Waals surface area contributed by atoms with E-state index in [2.05, 4.69) is 19.7 Å². The predicted octanol–water partition coefficient (Wildman–Crippen LogP) is 1.94. The molecule has 1 saturated heterocycles. The van der Waals surface area contributed by atoms with Crippen LogP contribution >= 0.6 is 0 Å². The molecular weight excluding hydrogens is 433 g/mol. The molecule has 0 unspecified atom stereocenters. The number of likely N-dealkylation sites (N-methyl/N-ethyl adjacent to an activating group) is 1. The largest absolute Gasteiger partial charge is 0.524 e. The molecule has 2 N–H and O–H groups in total. The van der Waals surface area contributed by atoms with Gasteiger partial charge in [0, 0.05) is 25.7 Å². The van der Waals surface area contributed by atoms with Gasteiger partial charge in [0.05, 0.1) is 39.1 Å². The Labute approximate surface area is 186 Å². The molecule has 1 aliphatic heterocycles. The Morgan fingerprint density at radius 2 is 1.81 bits per heavy atom. The molecule has 0 amide bonds. The van der Waals surface area contributed by atoms with Gasteiger partial charge in [0.25, 0.3) is 0 Å². The number of aliphatic hydroxyl groups excluding tert-OH is 1. The van der Waals surface area contributed by atoms with Gasteiger partial charge >= 0.3 is 6.36 Å². The minimum Gasteiger partial charge on any atom is -0.491 e. The molecule has 32 heavy (non-hydrogen) atoms. The second kappa shape index (κ2) is 14.6. The molecule has 8 nitrogen and oxygen atoms in total. The Bertz CT molecular complexity index is 621. The highest BCUT2D eigenvalue weighted by atomic mass is 19.4. The minimum atomic E-state index is -4.68. The van der Waals surface area contributed by atoms with Crippen LogP contribution in [0.1, 0.15) is 18.0 Å². The summed E-state index contributed by atoms with van der Waals surface area (Å²) in [5.41, 5.74) is 1.16. The molecule has 1 aliphatic rings. The van der Waals surface area contributed by atoms with E-state index in [1.165, 1.54) is 0 Å². The van der Waals surface area contributed by atoms with E-state index in [1.54, 1.807) is 0 Å². The van der Waals surface area contributed by atoms with Crippen molar-refractivity contribution in [1.82, 2.24) is 10.2 Å². The summed E-state index contributed by atoms with van der Waals surface area (Å²) in [6, 6.07) is 8.02. The summed E-state index contributed by atoms with van der Waals surface area (Å²) in [4.78, 5) is 2.34. The van der Waals surface area contributed by atoms with E-state index < -0.39 is 13.2 Å². The number of halogens is 3. The van der Waals surface area contributed by atoms with Crippen molar-refractivity contribution in [3.8, 4) is 5.75 Å². The third-order valence-electron chi connectivity index (χ3n) is 4.92. The normalized spacial score (nSPS) is 18.2. The highest BCUT2D eigenvalue weighted by Gasteiger charge is 2.29. The summed E-state index contributed by atoms with van der Waals surface area (Å²) in [6.07, 6.45) is -3.62. The molecule has 2 rings (SSSR count). The van der Waals surface area contributed by atoms with Crippen molar-refractivity contribution in [2.75, 3.05) is 73.1 Å². The molecule has 184 valence electrons. The number of hydrogen-bond acceptors (Lipinski definition) is 8. The Morgan fingerprint density at radius 1 is 1.09 bits per heavy atom. The first-order chi connectivity index (χ1) is 15.4. The lowest BCUT2D eigenvalue weighted by atomic mass is 10.1. The fraction of sp³-hybridized carbons (Fsp3) is 0.714. The Balaban J connectivity index is 1.57. The molecule has 0 radical (unpaired) electrons. The predicted molar refractivity (Wildman–Crippen MR) is 110 cm³/mol. The smallest absolute Gasteiger partial charge is 0.491 e. The summed E-state index contributed by atoms with van der Waals surface area (Å²) in [7, 11) is 1.93. The van der Waals surface area contributed by atoms with Crippen LogP contribution in [0.25, 0.3) is 0 Å². The maximum atomic E-state index is 11.8. The first-order valence-electron chi connectivity index (χ1n) is 10.6. The lowest BCUT2D eigenvalue weighted by Gasteiger charge is -2.24. The van der Waals surface area contributed by atoms with E-state index in [0.717, 1.165) is 37.4 Å². The lowest BCUT2D eigenvalue weighted by molar-refractivity contribution is -0.350. The number of aliphatic hydroxyl groups is 1. The van der Waals surface area contributed by atoms with Gasteiger partial charge in [-0.05, 0) is 31.2 Å². The van der Waals surface area contributed by atoms with Crippen molar-refractivity contribution < 1.29 is 42.0 Å². The van der Waals surface area contributed by atoms with E-state index in [0.29, 0.717) is 13.2 Å². The zero-order valence-electron chi connectivity index (χ0n) is 18.3. The van der Waals surface area contributed by atoms with Crippen LogP contribution in [0.15, 0.2) is 24.3 Å². The lowest BCUT2D eigenvalue weighted by Crippen LogP contribution is -2.33. The number of likely N-dealkylation sites (tertiary alicyclic amines) is 1. The molecule has 1 fully saturated rings. The second-order valence-electron chi connectivity index (χ2n) is 7.25. The fourth-order valence-electron chi connectivity index (χ4n) is 3.34. The molecule has 1 aromatic rings. The van der Waals surface area contributed by atoms with Crippen LogP contribution in [0.3, 0.4) is 0 Å². The van der Waals surface area contributed by atoms with Crippen molar-refractivity contribution in [3.63, 3.8) is 0 Å². The molecule has 11 heteroatoms. The maximum Gasteiger partial charge on any atom is 0.524 e. The van der Waals surface area contributed by atoms with Crippen LogP contribution in [-0.4, -0.2) is 95.6 Å². The standard InChI is InChI=1S/C21H33F3N2O6/c1-25-20(17-2-4-18(5-3-17)30-9-8-27)15-26-7-6-19(14-26)31-13-12-28-10-11-29-16-32-21(22,23)24/h2-5,19-20,25,27H,6-16H2,1H3/t19-,20+/m0/s1. The van der Waals surface area contributed by atoms with Crippen molar-refractivity contribution in [2.24, 2.45) is 0 Å². The van der Waals surface area contributed by atoms with Gasteiger partial charge in [-0.2, -0.15) is 0 Å². The Morgan fingerprint density at radius 3 is 2.50 bits per heavy atom. The number of benzene rings is 1. The van der Waals surface area contributed by atoms with E-state index in [1.807, 2.05) is 31.3 Å². The van der Waals surface area contributed by atoms with Crippen LogP contribution < -0.4 is 10.1 Å². The Hall–Kier alpha value is -1.47. The number of ether oxygens (including phenoxy) is 5. The van der Waals surface area contributed by atoms with Crippen LogP contribution in [0, 0.1) is 0 Å². The van der Waals surface area contributed by atoms with Crippen LogP contribution in [0.4, 0.5) is 13.2 Å². The summed E-state index contributed by atoms with van der Waals surface area (Å²) < 4.78 is 60.0. The zero-order valence-corrected chi connectivity index (χ0v) is 18.3. The first-order valence-corrected chi connectivity index (χ1v) is 10.6. The molecule has 0 aromatic heterocycles. The van der Waals surface area contributed by atoms with Crippen molar-refractivity contribution in [2.45, 2.75) is 24.9 Å². The topological polar surface area (TPSA) is 81.7 Å². The molecule has 1 aromatic carbocycles. The molecule has 1 heterocycles. The summed E-state index contributed by atoms with van der Waals surface area (Å²) >= 11 is 0. The van der Waals surface area contributed by atoms with Gasteiger partial charge in [0.15, 0.2) is 6.79 Å². The number of alkyl halides is 3. The van der Waals surface area contributed by atoms with Gasteiger partial charge in [0.1, 0.15) is 12.4 Å². The molecule has 0 bridgehead atoms. The van der Waals surface area contributed by atoms with Crippen LogP contribution in [-0.2, 0) is 18.9 Å². The van der Waals surface area contributed by atoms with Crippen LogP contribution in [0.2, 0.25) is 0 Å². The number of rotatable bonds is 16. The quantitative estimate of drug-likeness (QED) is 0.283. The van der Waals surface area contributed by atoms with E-state index in [9.17, 15) is 13.2 Å². The average molecular weight is 466 g/mol. The number of hydrogen-bond donors (Lipinski definition) is 2. The number of nitrogens with one attached hydrogen (secondary N) is 1. The summed E-state index contributed by atoms with van der Waals surface area (Å²) in [5.74, 6) is 0.732. The van der Waals surface area contributed by atoms with Crippen LogP contribution in [0.5, 0.6) is 5.75 Å². The molecule has 2 atom stereocenters. The van der Waals surface area contributed by atoms with E-state index >= 15 is 0 Å². The van der Waals surface area contributed by atoms with Gasteiger partial charge in [0.2, 0.25) is 0 Å². The van der Waals surface area contributed by atoms with Gasteiger partial charge in [-0.25, -0.2) is 0 Å². The SMILES string of the molecule is CN[C@H](CN1CC[C@H](OCCOCCOCOC(F)(F)F)C1)c1ccc(OCCO)cc1. The highest BCUT2D eigenvalue weighted by molar-refractivity contribution is 5.29. The van der Waals surface area contributed by atoms with Gasteiger partial charge < -0.3 is 29.4 Å². The van der Waals surface area contributed by atoms with Gasteiger partial charge in [-0.3, -0.25) is 9.64 Å². The zero-order chi connectivity index (χ0) is 23.2. The third-order valence-corrected chi connectivity index (χ3v) is 4.92. The summed E-state index contributed by atoms with van der Waals surface area (Å²) in [5, 5.41) is 12.2. The first kappa shape index (κ1) is 26.8. The third kappa shape index (κ3) is 10.9. The molecular formula is C21H33F3N2O6. The molecule has 0 spiro atoms. The maximum absolute atomic E-state index is 11.8. The molecule has 0 saturated carbocycles. The number of nitrogens with zero attached hydrogens (tertiary/aromatic N) is 1. The Kier molecular flexibility index (Phi) is 12.2. The highest BCUT2D eigenvalue weighted by Crippen LogP contribution is 2.21. The van der Waals surface area contributed by atoms with Crippen molar-refractivity contribution >= 4 is 0 Å². The van der Waals surface area contributed by atoms with E-state index in [-0.39, 0.29) is 38.6 Å². The monoisotopic (exact) mass is 466 g/mol. The molecule has 0 aliphatic carbocycles. The van der Waals surface area contributed by atoms with Crippen molar-refractivity contribution in [1.29, 1.82) is 0 Å². The minimum absolute atomic E-state index is 0.0135. The average Bonchev–Trinajstić information content (AvgIpc) is 3.22. The summed E-state index contributed by atoms with van der Waals surface area (Å²) in [6.45, 7) is 3.01.